The number of esters is 1. The van der Waals surface area contributed by atoms with Crippen LogP contribution < -0.4 is 10.1 Å². The maximum absolute atomic E-state index is 12.0. The van der Waals surface area contributed by atoms with E-state index in [-0.39, 0.29) is 18.4 Å². The molecule has 0 spiro atoms. The van der Waals surface area contributed by atoms with Gasteiger partial charge in [-0.05, 0) is 35.2 Å². The molecule has 0 saturated heterocycles. The Balaban J connectivity index is 1.94. The number of hydrogen-bond acceptors (Lipinski definition) is 4. The molecule has 5 nitrogen and oxygen atoms in total. The molecule has 2 rings (SSSR count). The molecule has 1 atom stereocenters. The zero-order chi connectivity index (χ0) is 17.5. The van der Waals surface area contributed by atoms with Gasteiger partial charge in [0, 0.05) is 0 Å². The highest BCUT2D eigenvalue weighted by atomic mass is 16.5. The van der Waals surface area contributed by atoms with Gasteiger partial charge in [0.15, 0.2) is 6.61 Å². The van der Waals surface area contributed by atoms with Crippen molar-refractivity contribution in [2.45, 2.75) is 26.3 Å². The summed E-state index contributed by atoms with van der Waals surface area (Å²) in [6, 6.07) is 12.9. The first-order chi connectivity index (χ1) is 11.5. The van der Waals surface area contributed by atoms with Crippen LogP contribution in [0.3, 0.4) is 0 Å². The minimum absolute atomic E-state index is 0.149. The van der Waals surface area contributed by atoms with Gasteiger partial charge in [0.05, 0.1) is 7.11 Å². The largest absolute Gasteiger partial charge is 0.484 e. The number of amides is 1. The first-order valence-corrected chi connectivity index (χ1v) is 7.98. The lowest BCUT2D eigenvalue weighted by molar-refractivity contribution is -0.145. The van der Waals surface area contributed by atoms with Crippen LogP contribution in [0, 0.1) is 5.92 Å². The number of hydrogen-bond donors (Lipinski definition) is 1. The molecule has 24 heavy (non-hydrogen) atoms. The van der Waals surface area contributed by atoms with E-state index in [2.05, 4.69) is 5.32 Å². The normalized spacial score (nSPS) is 12.0. The molecule has 0 aliphatic heterocycles. The van der Waals surface area contributed by atoms with Gasteiger partial charge in [-0.25, -0.2) is 4.79 Å². The lowest BCUT2D eigenvalue weighted by Gasteiger charge is -2.18. The molecular formula is C19H23NO4. The van der Waals surface area contributed by atoms with Crippen LogP contribution in [0.2, 0.25) is 0 Å². The van der Waals surface area contributed by atoms with Gasteiger partial charge in [-0.15, -0.1) is 0 Å². The molecule has 0 aliphatic carbocycles. The summed E-state index contributed by atoms with van der Waals surface area (Å²) in [6.07, 6.45) is 0.522. The monoisotopic (exact) mass is 329 g/mol. The average molecular weight is 329 g/mol. The Morgan fingerprint density at radius 2 is 1.79 bits per heavy atom. The van der Waals surface area contributed by atoms with E-state index in [1.165, 1.54) is 7.11 Å². The van der Waals surface area contributed by atoms with Crippen LogP contribution >= 0.6 is 0 Å². The standard InChI is InChI=1S/C19H23NO4/c1-13(2)10-17(19(22)23-3)20-18(21)12-24-16-9-8-14-6-4-5-7-15(14)11-16/h4-9,11,13,17H,10,12H2,1-3H3,(H,20,21). The molecular weight excluding hydrogens is 306 g/mol. The van der Waals surface area contributed by atoms with Crippen LogP contribution in [-0.4, -0.2) is 31.6 Å². The third-order valence-corrected chi connectivity index (χ3v) is 3.62. The van der Waals surface area contributed by atoms with E-state index < -0.39 is 12.0 Å². The fourth-order valence-electron chi connectivity index (χ4n) is 2.47. The van der Waals surface area contributed by atoms with Crippen molar-refractivity contribution in [3.05, 3.63) is 42.5 Å². The molecule has 0 aromatic heterocycles. The summed E-state index contributed by atoms with van der Waals surface area (Å²) in [7, 11) is 1.31. The number of carbonyl (C=O) groups is 2. The minimum Gasteiger partial charge on any atom is -0.484 e. The number of nitrogens with one attached hydrogen (secondary N) is 1. The van der Waals surface area contributed by atoms with Gasteiger partial charge in [-0.2, -0.15) is 0 Å². The molecule has 1 amide bonds. The van der Waals surface area contributed by atoms with Crippen LogP contribution in [0.5, 0.6) is 5.75 Å². The smallest absolute Gasteiger partial charge is 0.328 e. The molecule has 2 aromatic rings. The van der Waals surface area contributed by atoms with E-state index in [0.29, 0.717) is 12.2 Å². The Hall–Kier alpha value is -2.56. The predicted molar refractivity (Wildman–Crippen MR) is 92.8 cm³/mol. The van der Waals surface area contributed by atoms with Gasteiger partial charge >= 0.3 is 5.97 Å². The van der Waals surface area contributed by atoms with Gasteiger partial charge < -0.3 is 14.8 Å². The quantitative estimate of drug-likeness (QED) is 0.793. The Morgan fingerprint density at radius 3 is 2.46 bits per heavy atom. The second-order valence-electron chi connectivity index (χ2n) is 6.07. The number of rotatable bonds is 7. The van der Waals surface area contributed by atoms with E-state index in [0.717, 1.165) is 10.8 Å². The minimum atomic E-state index is -0.650. The number of methoxy groups -OCH3 is 1. The number of fused-ring (bicyclic) bond motifs is 1. The topological polar surface area (TPSA) is 64.6 Å². The van der Waals surface area contributed by atoms with Crippen LogP contribution in [0.25, 0.3) is 10.8 Å². The summed E-state index contributed by atoms with van der Waals surface area (Å²) in [5, 5.41) is 4.82. The number of carbonyl (C=O) groups excluding carboxylic acids is 2. The van der Waals surface area contributed by atoms with E-state index in [9.17, 15) is 9.59 Å². The van der Waals surface area contributed by atoms with Gasteiger partial charge in [0.2, 0.25) is 0 Å². The molecule has 0 heterocycles. The molecule has 0 radical (unpaired) electrons. The molecule has 0 aliphatic rings. The third kappa shape index (κ3) is 4.98. The number of benzene rings is 2. The molecule has 128 valence electrons. The first kappa shape index (κ1) is 17.8. The number of ether oxygens (including phenoxy) is 2. The second kappa shape index (κ2) is 8.34. The Morgan fingerprint density at radius 1 is 1.08 bits per heavy atom. The Labute approximate surface area is 141 Å². The molecule has 2 aromatic carbocycles. The molecule has 0 saturated carbocycles. The van der Waals surface area contributed by atoms with Crippen molar-refractivity contribution in [2.75, 3.05) is 13.7 Å². The maximum Gasteiger partial charge on any atom is 0.328 e. The average Bonchev–Trinajstić information content (AvgIpc) is 2.58. The van der Waals surface area contributed by atoms with Crippen LogP contribution in [0.15, 0.2) is 42.5 Å². The summed E-state index contributed by atoms with van der Waals surface area (Å²) in [5.41, 5.74) is 0. The van der Waals surface area contributed by atoms with Gasteiger partial charge in [0.25, 0.3) is 5.91 Å². The van der Waals surface area contributed by atoms with Crippen molar-refractivity contribution in [1.29, 1.82) is 0 Å². The fraction of sp³-hybridized carbons (Fsp3) is 0.368. The third-order valence-electron chi connectivity index (χ3n) is 3.62. The van der Waals surface area contributed by atoms with Gasteiger partial charge in [-0.1, -0.05) is 44.2 Å². The molecule has 5 heteroatoms. The van der Waals surface area contributed by atoms with E-state index in [1.807, 2.05) is 56.3 Å². The molecule has 0 bridgehead atoms. The van der Waals surface area contributed by atoms with E-state index in [4.69, 9.17) is 9.47 Å². The van der Waals surface area contributed by atoms with Gasteiger partial charge in [-0.3, -0.25) is 4.79 Å². The maximum atomic E-state index is 12.0. The zero-order valence-corrected chi connectivity index (χ0v) is 14.2. The van der Waals surface area contributed by atoms with E-state index >= 15 is 0 Å². The van der Waals surface area contributed by atoms with Crippen molar-refractivity contribution in [3.8, 4) is 5.75 Å². The van der Waals surface area contributed by atoms with E-state index in [1.54, 1.807) is 0 Å². The summed E-state index contributed by atoms with van der Waals surface area (Å²) >= 11 is 0. The van der Waals surface area contributed by atoms with Crippen molar-refractivity contribution in [3.63, 3.8) is 0 Å². The lowest BCUT2D eigenvalue weighted by atomic mass is 10.0. The Kier molecular flexibility index (Phi) is 6.18. The van der Waals surface area contributed by atoms with Crippen LogP contribution in [0.4, 0.5) is 0 Å². The van der Waals surface area contributed by atoms with Crippen molar-refractivity contribution >= 4 is 22.6 Å². The SMILES string of the molecule is COC(=O)C(CC(C)C)NC(=O)COc1ccc2ccccc2c1. The first-order valence-electron chi connectivity index (χ1n) is 7.98. The van der Waals surface area contributed by atoms with Crippen molar-refractivity contribution in [1.82, 2.24) is 5.32 Å². The Bertz CT molecular complexity index is 711. The zero-order valence-electron chi connectivity index (χ0n) is 14.2. The van der Waals surface area contributed by atoms with Crippen LogP contribution in [0.1, 0.15) is 20.3 Å². The highest BCUT2D eigenvalue weighted by Crippen LogP contribution is 2.20. The highest BCUT2D eigenvalue weighted by Gasteiger charge is 2.22. The van der Waals surface area contributed by atoms with Crippen molar-refractivity contribution < 1.29 is 19.1 Å². The van der Waals surface area contributed by atoms with Gasteiger partial charge in [0.1, 0.15) is 11.8 Å². The van der Waals surface area contributed by atoms with Crippen molar-refractivity contribution in [2.24, 2.45) is 5.92 Å². The predicted octanol–water partition coefficient (Wildman–Crippen LogP) is 2.92. The second-order valence-corrected chi connectivity index (χ2v) is 6.07. The fourth-order valence-corrected chi connectivity index (χ4v) is 2.47. The highest BCUT2D eigenvalue weighted by molar-refractivity contribution is 5.86. The molecule has 0 fully saturated rings. The molecule has 1 unspecified atom stereocenters. The molecule has 1 N–H and O–H groups in total. The summed E-state index contributed by atoms with van der Waals surface area (Å²) in [6.45, 7) is 3.81. The summed E-state index contributed by atoms with van der Waals surface area (Å²) in [5.74, 6) is 0.0834. The lowest BCUT2D eigenvalue weighted by Crippen LogP contribution is -2.44. The van der Waals surface area contributed by atoms with Crippen LogP contribution in [-0.2, 0) is 14.3 Å². The summed E-state index contributed by atoms with van der Waals surface area (Å²) in [4.78, 5) is 23.8. The summed E-state index contributed by atoms with van der Waals surface area (Å²) < 4.78 is 10.3.